The zero-order valence-electron chi connectivity index (χ0n) is 14.2. The highest BCUT2D eigenvalue weighted by Crippen LogP contribution is 2.27. The molecule has 1 aliphatic heterocycles. The molecule has 2 rings (SSSR count). The SMILES string of the molecule is CCOC(=O)C1CC(C(=O)c2cc(OC)ccc2[N+](=O)[O-])=NN1CC. The van der Waals surface area contributed by atoms with Crippen molar-refractivity contribution in [2.24, 2.45) is 5.10 Å². The summed E-state index contributed by atoms with van der Waals surface area (Å²) < 4.78 is 10.0. The topological polar surface area (TPSA) is 111 Å². The lowest BCUT2D eigenvalue weighted by Crippen LogP contribution is -2.35. The third-order valence-electron chi connectivity index (χ3n) is 3.79. The minimum Gasteiger partial charge on any atom is -0.497 e. The Balaban J connectivity index is 2.35. The molecule has 0 N–H and O–H groups in total. The predicted octanol–water partition coefficient (Wildman–Crippen LogP) is 1.80. The van der Waals surface area contributed by atoms with Gasteiger partial charge in [0.05, 0.1) is 18.6 Å². The monoisotopic (exact) mass is 349 g/mol. The maximum atomic E-state index is 12.8. The molecule has 1 aliphatic rings. The maximum absolute atomic E-state index is 12.8. The molecular formula is C16H19N3O6. The fraction of sp³-hybridized carbons (Fsp3) is 0.438. The van der Waals surface area contributed by atoms with E-state index in [4.69, 9.17) is 9.47 Å². The van der Waals surface area contributed by atoms with Gasteiger partial charge in [-0.15, -0.1) is 0 Å². The molecule has 9 heteroatoms. The highest BCUT2D eigenvalue weighted by Gasteiger charge is 2.37. The highest BCUT2D eigenvalue weighted by molar-refractivity contribution is 6.47. The van der Waals surface area contributed by atoms with Crippen molar-refractivity contribution in [3.05, 3.63) is 33.9 Å². The van der Waals surface area contributed by atoms with Gasteiger partial charge in [-0.2, -0.15) is 5.10 Å². The number of nitrogens with zero attached hydrogens (tertiary/aromatic N) is 3. The number of rotatable bonds is 7. The number of benzene rings is 1. The molecule has 1 aromatic carbocycles. The van der Waals surface area contributed by atoms with E-state index >= 15 is 0 Å². The number of carbonyl (C=O) groups excluding carboxylic acids is 2. The molecule has 0 amide bonds. The summed E-state index contributed by atoms with van der Waals surface area (Å²) in [5.41, 5.74) is -0.379. The summed E-state index contributed by atoms with van der Waals surface area (Å²) in [6.07, 6.45) is 0.0415. The standard InChI is InChI=1S/C16H19N3O6/c1-4-18-14(16(21)25-5-2)9-12(17-18)15(20)11-8-10(24-3)6-7-13(11)19(22)23/h6-8,14H,4-5,9H2,1-3H3. The molecular weight excluding hydrogens is 330 g/mol. The Morgan fingerprint density at radius 2 is 2.12 bits per heavy atom. The first-order chi connectivity index (χ1) is 11.9. The van der Waals surface area contributed by atoms with Crippen molar-refractivity contribution in [1.82, 2.24) is 5.01 Å². The predicted molar refractivity (Wildman–Crippen MR) is 88.8 cm³/mol. The van der Waals surface area contributed by atoms with E-state index in [0.717, 1.165) is 0 Å². The Bertz CT molecular complexity index is 731. The van der Waals surface area contributed by atoms with Gasteiger partial charge in [0.25, 0.3) is 5.69 Å². The normalized spacial score (nSPS) is 16.4. The molecule has 9 nitrogen and oxygen atoms in total. The number of nitro groups is 1. The summed E-state index contributed by atoms with van der Waals surface area (Å²) in [5, 5.41) is 16.8. The zero-order valence-corrected chi connectivity index (χ0v) is 14.2. The van der Waals surface area contributed by atoms with Crippen LogP contribution in [0.4, 0.5) is 5.69 Å². The van der Waals surface area contributed by atoms with Crippen LogP contribution in [-0.2, 0) is 9.53 Å². The molecule has 0 aromatic heterocycles. The number of methoxy groups -OCH3 is 1. The Morgan fingerprint density at radius 1 is 1.40 bits per heavy atom. The van der Waals surface area contributed by atoms with Crippen LogP contribution in [0.15, 0.2) is 23.3 Å². The molecule has 0 aliphatic carbocycles. The van der Waals surface area contributed by atoms with Gasteiger partial charge in [0.15, 0.2) is 0 Å². The molecule has 0 bridgehead atoms. The van der Waals surface area contributed by atoms with E-state index in [1.54, 1.807) is 13.8 Å². The molecule has 1 heterocycles. The van der Waals surface area contributed by atoms with Crippen molar-refractivity contribution < 1.29 is 24.0 Å². The maximum Gasteiger partial charge on any atom is 0.330 e. The zero-order chi connectivity index (χ0) is 18.6. The largest absolute Gasteiger partial charge is 0.497 e. The van der Waals surface area contributed by atoms with Gasteiger partial charge in [-0.3, -0.25) is 19.9 Å². The average Bonchev–Trinajstić information content (AvgIpc) is 3.05. The van der Waals surface area contributed by atoms with Gasteiger partial charge in [0.2, 0.25) is 5.78 Å². The van der Waals surface area contributed by atoms with Gasteiger partial charge < -0.3 is 9.47 Å². The minimum absolute atomic E-state index is 0.0415. The van der Waals surface area contributed by atoms with E-state index in [2.05, 4.69) is 5.10 Å². The second-order valence-electron chi connectivity index (χ2n) is 5.24. The smallest absolute Gasteiger partial charge is 0.330 e. The van der Waals surface area contributed by atoms with Crippen molar-refractivity contribution in [2.45, 2.75) is 26.3 Å². The van der Waals surface area contributed by atoms with Crippen molar-refractivity contribution in [2.75, 3.05) is 20.3 Å². The first kappa shape index (κ1) is 18.4. The lowest BCUT2D eigenvalue weighted by Gasteiger charge is -2.19. The van der Waals surface area contributed by atoms with Crippen LogP contribution in [0.25, 0.3) is 0 Å². The number of nitro benzene ring substituents is 1. The van der Waals surface area contributed by atoms with E-state index in [1.165, 1.54) is 30.3 Å². The number of ketones is 1. The molecule has 0 fully saturated rings. The van der Waals surface area contributed by atoms with Gasteiger partial charge >= 0.3 is 5.97 Å². The van der Waals surface area contributed by atoms with Crippen LogP contribution >= 0.6 is 0 Å². The number of esters is 1. The van der Waals surface area contributed by atoms with Gasteiger partial charge in [-0.05, 0) is 26.0 Å². The Labute approximate surface area is 144 Å². The van der Waals surface area contributed by atoms with Gasteiger partial charge in [-0.25, -0.2) is 4.79 Å². The van der Waals surface area contributed by atoms with Gasteiger partial charge in [-0.1, -0.05) is 0 Å². The molecule has 0 saturated carbocycles. The second kappa shape index (κ2) is 7.73. The van der Waals surface area contributed by atoms with E-state index < -0.39 is 22.7 Å². The van der Waals surface area contributed by atoms with E-state index in [0.29, 0.717) is 12.3 Å². The van der Waals surface area contributed by atoms with E-state index in [1.807, 2.05) is 0 Å². The summed E-state index contributed by atoms with van der Waals surface area (Å²) >= 11 is 0. The van der Waals surface area contributed by atoms with Crippen LogP contribution in [0.5, 0.6) is 5.75 Å². The average molecular weight is 349 g/mol. The minimum atomic E-state index is -0.700. The number of hydrazone groups is 1. The lowest BCUT2D eigenvalue weighted by molar-refractivity contribution is -0.385. The van der Waals surface area contributed by atoms with Crippen LogP contribution in [0.3, 0.4) is 0 Å². The number of ether oxygens (including phenoxy) is 2. The van der Waals surface area contributed by atoms with E-state index in [9.17, 15) is 19.7 Å². The van der Waals surface area contributed by atoms with Crippen molar-refractivity contribution in [3.8, 4) is 5.75 Å². The number of hydrogen-bond acceptors (Lipinski definition) is 8. The van der Waals surface area contributed by atoms with Gasteiger partial charge in [0.1, 0.15) is 23.1 Å². The fourth-order valence-electron chi connectivity index (χ4n) is 2.57. The van der Waals surface area contributed by atoms with Crippen LogP contribution in [0.1, 0.15) is 30.6 Å². The molecule has 0 saturated heterocycles. The fourth-order valence-corrected chi connectivity index (χ4v) is 2.57. The summed E-state index contributed by atoms with van der Waals surface area (Å²) in [6, 6.07) is 3.22. The number of Topliss-reactive ketones (excluding diaryl/α,β-unsaturated/α-hetero) is 1. The molecule has 1 unspecified atom stereocenters. The molecule has 0 spiro atoms. The quantitative estimate of drug-likeness (QED) is 0.319. The number of carbonyl (C=O) groups is 2. The summed E-state index contributed by atoms with van der Waals surface area (Å²) in [5.74, 6) is -0.756. The molecule has 134 valence electrons. The Hall–Kier alpha value is -2.97. The molecule has 0 radical (unpaired) electrons. The Kier molecular flexibility index (Phi) is 5.68. The Morgan fingerprint density at radius 3 is 2.68 bits per heavy atom. The van der Waals surface area contributed by atoms with E-state index in [-0.39, 0.29) is 30.0 Å². The van der Waals surface area contributed by atoms with Crippen LogP contribution < -0.4 is 4.74 Å². The lowest BCUT2D eigenvalue weighted by atomic mass is 10.0. The third kappa shape index (κ3) is 3.76. The molecule has 1 aromatic rings. The van der Waals surface area contributed by atoms with Crippen molar-refractivity contribution >= 4 is 23.2 Å². The number of hydrogen-bond donors (Lipinski definition) is 0. The van der Waals surface area contributed by atoms with Crippen LogP contribution in [0, 0.1) is 10.1 Å². The summed E-state index contributed by atoms with van der Waals surface area (Å²) in [6.45, 7) is 4.10. The third-order valence-corrected chi connectivity index (χ3v) is 3.79. The van der Waals surface area contributed by atoms with Crippen molar-refractivity contribution in [3.63, 3.8) is 0 Å². The van der Waals surface area contributed by atoms with Crippen molar-refractivity contribution in [1.29, 1.82) is 0 Å². The van der Waals surface area contributed by atoms with Crippen LogP contribution in [-0.4, -0.2) is 53.7 Å². The first-order valence-electron chi connectivity index (χ1n) is 7.80. The number of likely N-dealkylation sites (N-methyl/N-ethyl adjacent to an activating group) is 1. The van der Waals surface area contributed by atoms with Gasteiger partial charge in [0, 0.05) is 19.0 Å². The highest BCUT2D eigenvalue weighted by atomic mass is 16.6. The molecule has 25 heavy (non-hydrogen) atoms. The second-order valence-corrected chi connectivity index (χ2v) is 5.24. The summed E-state index contributed by atoms with van der Waals surface area (Å²) in [4.78, 5) is 35.3. The molecule has 1 atom stereocenters. The first-order valence-corrected chi connectivity index (χ1v) is 7.80. The van der Waals surface area contributed by atoms with Crippen LogP contribution in [0.2, 0.25) is 0 Å². The summed E-state index contributed by atoms with van der Waals surface area (Å²) in [7, 11) is 1.40.